The lowest BCUT2D eigenvalue weighted by Gasteiger charge is -2.12. The average molecular weight is 247 g/mol. The van der Waals surface area contributed by atoms with Gasteiger partial charge in [-0.2, -0.15) is 13.2 Å². The minimum atomic E-state index is -4.33. The molecule has 96 valence electrons. The van der Waals surface area contributed by atoms with E-state index in [-0.39, 0.29) is 6.42 Å². The van der Waals surface area contributed by atoms with E-state index < -0.39 is 17.8 Å². The predicted molar refractivity (Wildman–Crippen MR) is 59.7 cm³/mol. The molecular weight excluding hydrogens is 231 g/mol. The van der Waals surface area contributed by atoms with Crippen molar-refractivity contribution in [2.75, 3.05) is 13.1 Å². The fourth-order valence-corrected chi connectivity index (χ4v) is 1.53. The summed E-state index contributed by atoms with van der Waals surface area (Å²) in [5.41, 5.74) is -0.184. The second-order valence-electron chi connectivity index (χ2n) is 3.86. The van der Waals surface area contributed by atoms with Gasteiger partial charge in [-0.05, 0) is 24.6 Å². The SMILES string of the molecule is CCNCC(O)Cc1cccc(C(F)(F)F)c1. The maximum atomic E-state index is 12.4. The van der Waals surface area contributed by atoms with Crippen LogP contribution in [0, 0.1) is 0 Å². The first-order valence-corrected chi connectivity index (χ1v) is 5.48. The number of aliphatic hydroxyl groups is 1. The number of aliphatic hydroxyl groups excluding tert-OH is 1. The Hall–Kier alpha value is -1.07. The summed E-state index contributed by atoms with van der Waals surface area (Å²) < 4.78 is 37.3. The smallest absolute Gasteiger partial charge is 0.391 e. The third kappa shape index (κ3) is 4.75. The molecule has 0 aliphatic carbocycles. The molecule has 0 aliphatic heterocycles. The van der Waals surface area contributed by atoms with Crippen LogP contribution < -0.4 is 5.32 Å². The minimum Gasteiger partial charge on any atom is -0.391 e. The van der Waals surface area contributed by atoms with E-state index in [4.69, 9.17) is 0 Å². The Balaban J connectivity index is 2.66. The molecule has 17 heavy (non-hydrogen) atoms. The van der Waals surface area contributed by atoms with E-state index in [1.807, 2.05) is 6.92 Å². The highest BCUT2D eigenvalue weighted by Gasteiger charge is 2.30. The van der Waals surface area contributed by atoms with Gasteiger partial charge in [-0.25, -0.2) is 0 Å². The highest BCUT2D eigenvalue weighted by molar-refractivity contribution is 5.26. The Kier molecular flexibility index (Phi) is 4.96. The second kappa shape index (κ2) is 6.02. The molecule has 0 spiro atoms. The van der Waals surface area contributed by atoms with Crippen LogP contribution in [-0.2, 0) is 12.6 Å². The van der Waals surface area contributed by atoms with Gasteiger partial charge in [-0.1, -0.05) is 25.1 Å². The maximum absolute atomic E-state index is 12.4. The molecule has 0 radical (unpaired) electrons. The first-order chi connectivity index (χ1) is 7.93. The highest BCUT2D eigenvalue weighted by Crippen LogP contribution is 2.29. The van der Waals surface area contributed by atoms with Crippen LogP contribution in [0.1, 0.15) is 18.1 Å². The van der Waals surface area contributed by atoms with Gasteiger partial charge in [0.1, 0.15) is 0 Å². The molecule has 0 aliphatic rings. The Morgan fingerprint density at radius 2 is 2.06 bits per heavy atom. The zero-order valence-electron chi connectivity index (χ0n) is 9.59. The number of rotatable bonds is 5. The van der Waals surface area contributed by atoms with Crippen molar-refractivity contribution in [1.82, 2.24) is 5.32 Å². The van der Waals surface area contributed by atoms with Crippen molar-refractivity contribution < 1.29 is 18.3 Å². The van der Waals surface area contributed by atoms with E-state index in [9.17, 15) is 18.3 Å². The van der Waals surface area contributed by atoms with Crippen LogP contribution in [0.3, 0.4) is 0 Å². The Morgan fingerprint density at radius 3 is 2.65 bits per heavy atom. The number of alkyl halides is 3. The van der Waals surface area contributed by atoms with Gasteiger partial charge in [0.15, 0.2) is 0 Å². The van der Waals surface area contributed by atoms with Crippen molar-refractivity contribution in [3.8, 4) is 0 Å². The van der Waals surface area contributed by atoms with Crippen LogP contribution in [0.5, 0.6) is 0 Å². The average Bonchev–Trinajstić information content (AvgIpc) is 2.25. The first kappa shape index (κ1) is 14.0. The number of hydrogen-bond donors (Lipinski definition) is 2. The molecule has 1 rings (SSSR count). The number of benzene rings is 1. The number of nitrogens with one attached hydrogen (secondary N) is 1. The largest absolute Gasteiger partial charge is 0.416 e. The number of halogens is 3. The van der Waals surface area contributed by atoms with Crippen LogP contribution in [0.15, 0.2) is 24.3 Å². The summed E-state index contributed by atoms with van der Waals surface area (Å²) in [4.78, 5) is 0. The Bertz CT molecular complexity index is 352. The summed E-state index contributed by atoms with van der Waals surface area (Å²) in [5.74, 6) is 0. The van der Waals surface area contributed by atoms with Crippen LogP contribution in [0.2, 0.25) is 0 Å². The summed E-state index contributed by atoms with van der Waals surface area (Å²) in [6.07, 6.45) is -4.78. The Labute approximate surface area is 98.5 Å². The molecule has 1 aromatic rings. The predicted octanol–water partition coefficient (Wildman–Crippen LogP) is 2.22. The number of hydrogen-bond acceptors (Lipinski definition) is 2. The normalized spacial score (nSPS) is 13.7. The topological polar surface area (TPSA) is 32.3 Å². The molecule has 1 atom stereocenters. The summed E-state index contributed by atoms with van der Waals surface area (Å²) in [6.45, 7) is 3.00. The van der Waals surface area contributed by atoms with Crippen molar-refractivity contribution in [1.29, 1.82) is 0 Å². The molecule has 1 unspecified atom stereocenters. The molecule has 0 fully saturated rings. The van der Waals surface area contributed by atoms with Gasteiger partial charge in [0.25, 0.3) is 0 Å². The molecule has 2 nitrogen and oxygen atoms in total. The first-order valence-electron chi connectivity index (χ1n) is 5.48. The standard InChI is InChI=1S/C12H16F3NO/c1-2-16-8-11(17)7-9-4-3-5-10(6-9)12(13,14)15/h3-6,11,16-17H,2,7-8H2,1H3. The lowest BCUT2D eigenvalue weighted by molar-refractivity contribution is -0.137. The zero-order chi connectivity index (χ0) is 12.9. The lowest BCUT2D eigenvalue weighted by Crippen LogP contribution is -2.28. The number of likely N-dealkylation sites (N-methyl/N-ethyl adjacent to an activating group) is 1. The van der Waals surface area contributed by atoms with Crippen molar-refractivity contribution in [2.24, 2.45) is 0 Å². The Morgan fingerprint density at radius 1 is 1.35 bits per heavy atom. The molecule has 0 amide bonds. The van der Waals surface area contributed by atoms with E-state index in [2.05, 4.69) is 5.32 Å². The van der Waals surface area contributed by atoms with Crippen LogP contribution >= 0.6 is 0 Å². The minimum absolute atomic E-state index is 0.219. The van der Waals surface area contributed by atoms with Gasteiger partial charge in [-0.3, -0.25) is 0 Å². The lowest BCUT2D eigenvalue weighted by atomic mass is 10.0. The van der Waals surface area contributed by atoms with Crippen LogP contribution in [0.4, 0.5) is 13.2 Å². The second-order valence-corrected chi connectivity index (χ2v) is 3.86. The van der Waals surface area contributed by atoms with Gasteiger partial charge >= 0.3 is 6.18 Å². The molecular formula is C12H16F3NO. The van der Waals surface area contributed by atoms with E-state index in [1.54, 1.807) is 6.07 Å². The summed E-state index contributed by atoms with van der Waals surface area (Å²) >= 11 is 0. The van der Waals surface area contributed by atoms with Crippen LogP contribution in [-0.4, -0.2) is 24.3 Å². The van der Waals surface area contributed by atoms with Crippen molar-refractivity contribution in [3.63, 3.8) is 0 Å². The fraction of sp³-hybridized carbons (Fsp3) is 0.500. The molecule has 1 aromatic carbocycles. The highest BCUT2D eigenvalue weighted by atomic mass is 19.4. The fourth-order valence-electron chi connectivity index (χ4n) is 1.53. The molecule has 0 saturated heterocycles. The summed E-state index contributed by atoms with van der Waals surface area (Å²) in [5, 5.41) is 12.5. The molecule has 5 heteroatoms. The maximum Gasteiger partial charge on any atom is 0.416 e. The van der Waals surface area contributed by atoms with E-state index >= 15 is 0 Å². The van der Waals surface area contributed by atoms with Crippen molar-refractivity contribution >= 4 is 0 Å². The third-order valence-corrected chi connectivity index (χ3v) is 2.36. The van der Waals surface area contributed by atoms with Crippen LogP contribution in [0.25, 0.3) is 0 Å². The van der Waals surface area contributed by atoms with Crippen molar-refractivity contribution in [2.45, 2.75) is 25.6 Å². The monoisotopic (exact) mass is 247 g/mol. The van der Waals surface area contributed by atoms with Gasteiger partial charge < -0.3 is 10.4 Å². The van der Waals surface area contributed by atoms with Crippen molar-refractivity contribution in [3.05, 3.63) is 35.4 Å². The van der Waals surface area contributed by atoms with Gasteiger partial charge in [0.05, 0.1) is 11.7 Å². The molecule has 0 saturated carbocycles. The molecule has 2 N–H and O–H groups in total. The zero-order valence-corrected chi connectivity index (χ0v) is 9.59. The van der Waals surface area contributed by atoms with Gasteiger partial charge in [-0.15, -0.1) is 0 Å². The van der Waals surface area contributed by atoms with E-state index in [0.717, 1.165) is 18.7 Å². The summed E-state index contributed by atoms with van der Waals surface area (Å²) in [6, 6.07) is 5.05. The van der Waals surface area contributed by atoms with Gasteiger partial charge in [0.2, 0.25) is 0 Å². The molecule has 0 aromatic heterocycles. The third-order valence-electron chi connectivity index (χ3n) is 2.36. The summed E-state index contributed by atoms with van der Waals surface area (Å²) in [7, 11) is 0. The quantitative estimate of drug-likeness (QED) is 0.836. The van der Waals surface area contributed by atoms with E-state index in [1.165, 1.54) is 6.07 Å². The molecule has 0 heterocycles. The molecule has 0 bridgehead atoms. The van der Waals surface area contributed by atoms with Gasteiger partial charge in [0, 0.05) is 6.54 Å². The van der Waals surface area contributed by atoms with E-state index in [0.29, 0.717) is 12.1 Å².